The molecule has 1 amide bonds. The lowest BCUT2D eigenvalue weighted by molar-refractivity contribution is -0.0679. The lowest BCUT2D eigenvalue weighted by atomic mass is 9.80. The Morgan fingerprint density at radius 2 is 2.22 bits per heavy atom. The van der Waals surface area contributed by atoms with E-state index in [0.29, 0.717) is 12.1 Å². The zero-order valence-electron chi connectivity index (χ0n) is 10.8. The molecule has 3 nitrogen and oxygen atoms in total. The van der Waals surface area contributed by atoms with E-state index >= 15 is 0 Å². The Balaban J connectivity index is 1.99. The van der Waals surface area contributed by atoms with E-state index < -0.39 is 0 Å². The van der Waals surface area contributed by atoms with Gasteiger partial charge in [0.05, 0.1) is 11.2 Å². The average Bonchev–Trinajstić information content (AvgIpc) is 2.27. The van der Waals surface area contributed by atoms with Crippen molar-refractivity contribution in [2.45, 2.75) is 31.8 Å². The van der Waals surface area contributed by atoms with Crippen LogP contribution < -0.4 is 5.32 Å². The molecule has 0 heterocycles. The van der Waals surface area contributed by atoms with Crippen LogP contribution in [0.2, 0.25) is 0 Å². The van der Waals surface area contributed by atoms with Crippen LogP contribution in [0.1, 0.15) is 35.2 Å². The standard InChI is InChI=1S/C14H18BrNO2/c1-10-4-5-11(12(15)8-10)13(17)16-9-14(18-2)6-3-7-14/h4-5,8H,3,6-7,9H2,1-2H3,(H,16,17). The number of halogens is 1. The zero-order valence-corrected chi connectivity index (χ0v) is 12.3. The zero-order chi connectivity index (χ0) is 13.2. The van der Waals surface area contributed by atoms with Crippen LogP contribution in [-0.2, 0) is 4.74 Å². The molecule has 0 unspecified atom stereocenters. The molecule has 0 aliphatic heterocycles. The van der Waals surface area contributed by atoms with Crippen molar-refractivity contribution in [2.75, 3.05) is 13.7 Å². The number of benzene rings is 1. The number of rotatable bonds is 4. The van der Waals surface area contributed by atoms with E-state index in [0.717, 1.165) is 22.9 Å². The SMILES string of the molecule is COC1(CNC(=O)c2ccc(C)cc2Br)CCC1. The summed E-state index contributed by atoms with van der Waals surface area (Å²) in [5, 5.41) is 2.96. The Kier molecular flexibility index (Phi) is 4.07. The first-order chi connectivity index (χ1) is 8.56. The maximum Gasteiger partial charge on any atom is 0.252 e. The quantitative estimate of drug-likeness (QED) is 0.928. The van der Waals surface area contributed by atoms with E-state index in [4.69, 9.17) is 4.74 Å². The molecule has 1 aromatic carbocycles. The summed E-state index contributed by atoms with van der Waals surface area (Å²) in [7, 11) is 1.72. The minimum atomic E-state index is -0.132. The molecular formula is C14H18BrNO2. The molecule has 98 valence electrons. The van der Waals surface area contributed by atoms with Gasteiger partial charge in [-0.2, -0.15) is 0 Å². The predicted octanol–water partition coefficient (Wildman–Crippen LogP) is 3.06. The molecule has 0 saturated heterocycles. The van der Waals surface area contributed by atoms with Gasteiger partial charge < -0.3 is 10.1 Å². The van der Waals surface area contributed by atoms with E-state index in [-0.39, 0.29) is 11.5 Å². The van der Waals surface area contributed by atoms with Crippen molar-refractivity contribution < 1.29 is 9.53 Å². The number of aryl methyl sites for hydroxylation is 1. The summed E-state index contributed by atoms with van der Waals surface area (Å²) in [4.78, 5) is 12.1. The summed E-state index contributed by atoms with van der Waals surface area (Å²) >= 11 is 3.42. The summed E-state index contributed by atoms with van der Waals surface area (Å²) < 4.78 is 6.32. The summed E-state index contributed by atoms with van der Waals surface area (Å²) in [5.41, 5.74) is 1.67. The van der Waals surface area contributed by atoms with Crippen LogP contribution in [0.5, 0.6) is 0 Å². The van der Waals surface area contributed by atoms with Gasteiger partial charge in [0, 0.05) is 18.1 Å². The Hall–Kier alpha value is -0.870. The first-order valence-corrected chi connectivity index (χ1v) is 6.95. The van der Waals surface area contributed by atoms with Gasteiger partial charge in [-0.25, -0.2) is 0 Å². The van der Waals surface area contributed by atoms with Crippen molar-refractivity contribution in [1.82, 2.24) is 5.32 Å². The molecular weight excluding hydrogens is 294 g/mol. The third-order valence-corrected chi connectivity index (χ3v) is 4.29. The van der Waals surface area contributed by atoms with Gasteiger partial charge in [0.2, 0.25) is 0 Å². The fourth-order valence-electron chi connectivity index (χ4n) is 2.17. The van der Waals surface area contributed by atoms with Gasteiger partial charge in [-0.1, -0.05) is 6.07 Å². The lowest BCUT2D eigenvalue weighted by Gasteiger charge is -2.40. The maximum absolute atomic E-state index is 12.1. The van der Waals surface area contributed by atoms with Crippen molar-refractivity contribution >= 4 is 21.8 Å². The molecule has 2 rings (SSSR count). The first-order valence-electron chi connectivity index (χ1n) is 6.16. The van der Waals surface area contributed by atoms with Crippen molar-refractivity contribution in [2.24, 2.45) is 0 Å². The topological polar surface area (TPSA) is 38.3 Å². The molecule has 0 aromatic heterocycles. The second-order valence-corrected chi connectivity index (χ2v) is 5.76. The van der Waals surface area contributed by atoms with Crippen LogP contribution in [0.15, 0.2) is 22.7 Å². The third kappa shape index (κ3) is 2.75. The van der Waals surface area contributed by atoms with Crippen LogP contribution in [0, 0.1) is 6.92 Å². The highest BCUT2D eigenvalue weighted by molar-refractivity contribution is 9.10. The van der Waals surface area contributed by atoms with Crippen molar-refractivity contribution in [3.8, 4) is 0 Å². The first kappa shape index (κ1) is 13.6. The second-order valence-electron chi connectivity index (χ2n) is 4.91. The van der Waals surface area contributed by atoms with Crippen molar-refractivity contribution in [3.05, 3.63) is 33.8 Å². The largest absolute Gasteiger partial charge is 0.376 e. The van der Waals surface area contributed by atoms with E-state index in [1.807, 2.05) is 25.1 Å². The molecule has 4 heteroatoms. The Bertz CT molecular complexity index is 450. The van der Waals surface area contributed by atoms with Crippen LogP contribution in [0.3, 0.4) is 0 Å². The molecule has 0 bridgehead atoms. The molecule has 0 atom stereocenters. The summed E-state index contributed by atoms with van der Waals surface area (Å²) in [6.07, 6.45) is 3.23. The lowest BCUT2D eigenvalue weighted by Crippen LogP contribution is -2.49. The van der Waals surface area contributed by atoms with Crippen molar-refractivity contribution in [3.63, 3.8) is 0 Å². The Labute approximate surface area is 116 Å². The Morgan fingerprint density at radius 1 is 1.50 bits per heavy atom. The molecule has 1 aliphatic rings. The predicted molar refractivity (Wildman–Crippen MR) is 74.8 cm³/mol. The van der Waals surface area contributed by atoms with E-state index in [1.165, 1.54) is 6.42 Å². The van der Waals surface area contributed by atoms with Crippen molar-refractivity contribution in [1.29, 1.82) is 0 Å². The molecule has 1 saturated carbocycles. The summed E-state index contributed by atoms with van der Waals surface area (Å²) in [6, 6.07) is 5.73. The van der Waals surface area contributed by atoms with Gasteiger partial charge in [-0.15, -0.1) is 0 Å². The molecule has 1 aromatic rings. The van der Waals surface area contributed by atoms with Crippen LogP contribution >= 0.6 is 15.9 Å². The Morgan fingerprint density at radius 3 is 2.72 bits per heavy atom. The number of hydrogen-bond donors (Lipinski definition) is 1. The van der Waals surface area contributed by atoms with Gasteiger partial charge in [0.1, 0.15) is 0 Å². The number of amides is 1. The van der Waals surface area contributed by atoms with Gasteiger partial charge >= 0.3 is 0 Å². The fourth-order valence-corrected chi connectivity index (χ4v) is 2.84. The molecule has 1 aliphatic carbocycles. The number of carbonyl (C=O) groups is 1. The molecule has 1 fully saturated rings. The second kappa shape index (κ2) is 5.41. The molecule has 0 radical (unpaired) electrons. The number of carbonyl (C=O) groups excluding carboxylic acids is 1. The fraction of sp³-hybridized carbons (Fsp3) is 0.500. The van der Waals surface area contributed by atoms with E-state index in [9.17, 15) is 4.79 Å². The molecule has 0 spiro atoms. The summed E-state index contributed by atoms with van der Waals surface area (Å²) in [5.74, 6) is -0.0507. The van der Waals surface area contributed by atoms with Gasteiger partial charge in [-0.05, 0) is 59.8 Å². The number of hydrogen-bond acceptors (Lipinski definition) is 2. The van der Waals surface area contributed by atoms with Crippen LogP contribution in [0.4, 0.5) is 0 Å². The van der Waals surface area contributed by atoms with Gasteiger partial charge in [-0.3, -0.25) is 4.79 Å². The van der Waals surface area contributed by atoms with Crippen LogP contribution in [-0.4, -0.2) is 25.2 Å². The van der Waals surface area contributed by atoms with Gasteiger partial charge in [0.25, 0.3) is 5.91 Å². The number of nitrogens with one attached hydrogen (secondary N) is 1. The summed E-state index contributed by atoms with van der Waals surface area (Å²) in [6.45, 7) is 2.59. The average molecular weight is 312 g/mol. The highest BCUT2D eigenvalue weighted by atomic mass is 79.9. The molecule has 18 heavy (non-hydrogen) atoms. The number of methoxy groups -OCH3 is 1. The van der Waals surface area contributed by atoms with E-state index in [2.05, 4.69) is 21.2 Å². The third-order valence-electron chi connectivity index (χ3n) is 3.64. The van der Waals surface area contributed by atoms with Crippen LogP contribution in [0.25, 0.3) is 0 Å². The monoisotopic (exact) mass is 311 g/mol. The minimum absolute atomic E-state index is 0.0507. The maximum atomic E-state index is 12.1. The highest BCUT2D eigenvalue weighted by Crippen LogP contribution is 2.34. The minimum Gasteiger partial charge on any atom is -0.376 e. The van der Waals surface area contributed by atoms with Gasteiger partial charge in [0.15, 0.2) is 0 Å². The molecule has 1 N–H and O–H groups in total. The van der Waals surface area contributed by atoms with E-state index in [1.54, 1.807) is 7.11 Å². The highest BCUT2D eigenvalue weighted by Gasteiger charge is 2.37. The number of ether oxygens (including phenoxy) is 1. The normalized spacial score (nSPS) is 17.1. The smallest absolute Gasteiger partial charge is 0.252 e.